The van der Waals surface area contributed by atoms with Crippen LogP contribution in [0, 0.1) is 0 Å². The summed E-state index contributed by atoms with van der Waals surface area (Å²) in [5.74, 6) is 1.58. The molecule has 0 aliphatic carbocycles. The lowest BCUT2D eigenvalue weighted by molar-refractivity contribution is 0.0926. The highest BCUT2D eigenvalue weighted by atomic mass is 16.5. The molecule has 1 amide bonds. The molecule has 146 valence electrons. The van der Waals surface area contributed by atoms with Gasteiger partial charge in [-0.25, -0.2) is 4.98 Å². The monoisotopic (exact) mass is 379 g/mol. The molecule has 3 heterocycles. The molecular formula is C22H25N3O3. The number of hydrogen-bond acceptors (Lipinski definition) is 5. The van der Waals surface area contributed by atoms with Crippen LogP contribution in [0.15, 0.2) is 42.6 Å². The maximum absolute atomic E-state index is 12.6. The molecule has 2 aromatic rings. The SMILES string of the molecule is COc1cccc(C(=O)NC2CC3CCC(C2)N3c2ccc(C(C)=O)cn2)c1. The summed E-state index contributed by atoms with van der Waals surface area (Å²) in [6, 6.07) is 11.9. The minimum absolute atomic E-state index is 0.0287. The van der Waals surface area contributed by atoms with Gasteiger partial charge in [0, 0.05) is 35.4 Å². The predicted molar refractivity (Wildman–Crippen MR) is 107 cm³/mol. The Morgan fingerprint density at radius 3 is 2.46 bits per heavy atom. The summed E-state index contributed by atoms with van der Waals surface area (Å²) in [5.41, 5.74) is 1.26. The summed E-state index contributed by atoms with van der Waals surface area (Å²) in [6.45, 7) is 1.55. The molecular weight excluding hydrogens is 354 g/mol. The third kappa shape index (κ3) is 3.59. The number of anilines is 1. The van der Waals surface area contributed by atoms with Crippen molar-refractivity contribution in [3.8, 4) is 5.75 Å². The third-order valence-electron chi connectivity index (χ3n) is 5.82. The lowest BCUT2D eigenvalue weighted by atomic mass is 9.96. The number of hydrogen-bond donors (Lipinski definition) is 1. The van der Waals surface area contributed by atoms with E-state index in [0.717, 1.165) is 31.5 Å². The summed E-state index contributed by atoms with van der Waals surface area (Å²) in [4.78, 5) is 31.0. The zero-order valence-corrected chi connectivity index (χ0v) is 16.2. The van der Waals surface area contributed by atoms with E-state index in [2.05, 4.69) is 15.2 Å². The summed E-state index contributed by atoms with van der Waals surface area (Å²) >= 11 is 0. The molecule has 2 aliphatic heterocycles. The molecule has 0 saturated carbocycles. The van der Waals surface area contributed by atoms with Gasteiger partial charge in [-0.15, -0.1) is 0 Å². The van der Waals surface area contributed by atoms with Gasteiger partial charge in [0.1, 0.15) is 11.6 Å². The Bertz CT molecular complexity index is 867. The van der Waals surface area contributed by atoms with Crippen molar-refractivity contribution in [2.24, 2.45) is 0 Å². The van der Waals surface area contributed by atoms with E-state index in [1.54, 1.807) is 26.3 Å². The average molecular weight is 379 g/mol. The third-order valence-corrected chi connectivity index (χ3v) is 5.82. The highest BCUT2D eigenvalue weighted by Crippen LogP contribution is 2.38. The largest absolute Gasteiger partial charge is 0.497 e. The van der Waals surface area contributed by atoms with Crippen molar-refractivity contribution in [3.05, 3.63) is 53.7 Å². The van der Waals surface area contributed by atoms with E-state index >= 15 is 0 Å². The van der Waals surface area contributed by atoms with Crippen molar-refractivity contribution in [1.29, 1.82) is 0 Å². The molecule has 6 nitrogen and oxygen atoms in total. The molecule has 1 aromatic carbocycles. The maximum Gasteiger partial charge on any atom is 0.251 e. The van der Waals surface area contributed by atoms with Crippen LogP contribution in [0.1, 0.15) is 53.3 Å². The zero-order chi connectivity index (χ0) is 19.7. The van der Waals surface area contributed by atoms with Gasteiger partial charge in [-0.3, -0.25) is 9.59 Å². The van der Waals surface area contributed by atoms with E-state index in [9.17, 15) is 9.59 Å². The Balaban J connectivity index is 1.43. The minimum Gasteiger partial charge on any atom is -0.497 e. The topological polar surface area (TPSA) is 71.5 Å². The van der Waals surface area contributed by atoms with E-state index < -0.39 is 0 Å². The highest BCUT2D eigenvalue weighted by Gasteiger charge is 2.41. The van der Waals surface area contributed by atoms with Gasteiger partial charge in [0.25, 0.3) is 5.91 Å². The standard InChI is InChI=1S/C22H25N3O3/c1-14(26)16-6-9-21(23-13-16)25-18-7-8-19(25)12-17(11-18)24-22(27)15-4-3-5-20(10-15)28-2/h3-6,9-10,13,17-19H,7-8,11-12H2,1-2H3,(H,24,27). The number of Topliss-reactive ketones (excluding diaryl/α,β-unsaturated/α-hetero) is 1. The predicted octanol–water partition coefficient (Wildman–Crippen LogP) is 3.22. The van der Waals surface area contributed by atoms with E-state index in [1.165, 1.54) is 0 Å². The second-order valence-electron chi connectivity index (χ2n) is 7.63. The van der Waals surface area contributed by atoms with Crippen molar-refractivity contribution >= 4 is 17.5 Å². The number of benzene rings is 1. The Kier molecular flexibility index (Phi) is 5.03. The normalized spacial score (nSPS) is 23.4. The number of aromatic nitrogens is 1. The van der Waals surface area contributed by atoms with Gasteiger partial charge in [0.05, 0.1) is 7.11 Å². The molecule has 2 bridgehead atoms. The molecule has 28 heavy (non-hydrogen) atoms. The summed E-state index contributed by atoms with van der Waals surface area (Å²) in [6.07, 6.45) is 5.68. The quantitative estimate of drug-likeness (QED) is 0.808. The van der Waals surface area contributed by atoms with Gasteiger partial charge in [-0.2, -0.15) is 0 Å². The molecule has 0 radical (unpaired) electrons. The van der Waals surface area contributed by atoms with Crippen molar-refractivity contribution < 1.29 is 14.3 Å². The average Bonchev–Trinajstić information content (AvgIpc) is 2.98. The number of pyridine rings is 1. The smallest absolute Gasteiger partial charge is 0.251 e. The van der Waals surface area contributed by atoms with E-state index in [0.29, 0.717) is 29.0 Å². The van der Waals surface area contributed by atoms with Crippen molar-refractivity contribution in [1.82, 2.24) is 10.3 Å². The summed E-state index contributed by atoms with van der Waals surface area (Å²) < 4.78 is 5.21. The number of amides is 1. The first-order valence-electron chi connectivity index (χ1n) is 9.75. The number of nitrogens with zero attached hydrogens (tertiary/aromatic N) is 2. The fourth-order valence-corrected chi connectivity index (χ4v) is 4.45. The van der Waals surface area contributed by atoms with Gasteiger partial charge in [-0.1, -0.05) is 6.07 Å². The van der Waals surface area contributed by atoms with E-state index in [-0.39, 0.29) is 17.7 Å². The number of piperidine rings is 1. The van der Waals surface area contributed by atoms with Crippen LogP contribution < -0.4 is 15.0 Å². The first kappa shape index (κ1) is 18.5. The molecule has 1 N–H and O–H groups in total. The number of ketones is 1. The fourth-order valence-electron chi connectivity index (χ4n) is 4.45. The number of ether oxygens (including phenoxy) is 1. The molecule has 2 saturated heterocycles. The number of rotatable bonds is 5. The number of carbonyl (C=O) groups excluding carboxylic acids is 2. The first-order chi connectivity index (χ1) is 13.5. The van der Waals surface area contributed by atoms with Crippen molar-refractivity contribution in [3.63, 3.8) is 0 Å². The number of carbonyl (C=O) groups is 2. The van der Waals surface area contributed by atoms with Crippen LogP contribution >= 0.6 is 0 Å². The summed E-state index contributed by atoms with van der Waals surface area (Å²) in [7, 11) is 1.60. The molecule has 2 aliphatic rings. The van der Waals surface area contributed by atoms with Gasteiger partial charge >= 0.3 is 0 Å². The highest BCUT2D eigenvalue weighted by molar-refractivity contribution is 5.95. The summed E-state index contributed by atoms with van der Waals surface area (Å²) in [5, 5.41) is 3.20. The van der Waals surface area contributed by atoms with E-state index in [1.807, 2.05) is 30.3 Å². The molecule has 2 fully saturated rings. The Labute approximate surface area is 164 Å². The van der Waals surface area contributed by atoms with Crippen LogP contribution in [0.5, 0.6) is 5.75 Å². The number of fused-ring (bicyclic) bond motifs is 2. The van der Waals surface area contributed by atoms with Crippen LogP contribution in [0.2, 0.25) is 0 Å². The zero-order valence-electron chi connectivity index (χ0n) is 16.2. The second-order valence-corrected chi connectivity index (χ2v) is 7.63. The fraction of sp³-hybridized carbons (Fsp3) is 0.409. The van der Waals surface area contributed by atoms with E-state index in [4.69, 9.17) is 4.74 Å². The number of nitrogens with one attached hydrogen (secondary N) is 1. The molecule has 6 heteroatoms. The molecule has 0 spiro atoms. The van der Waals surface area contributed by atoms with Gasteiger partial charge in [-0.05, 0) is 62.9 Å². The lowest BCUT2D eigenvalue weighted by Crippen LogP contribution is -2.50. The molecule has 2 atom stereocenters. The Morgan fingerprint density at radius 1 is 1.11 bits per heavy atom. The minimum atomic E-state index is -0.0549. The maximum atomic E-state index is 12.6. The van der Waals surface area contributed by atoms with Gasteiger partial charge in [0.2, 0.25) is 0 Å². The molecule has 2 unspecified atom stereocenters. The Hall–Kier alpha value is -2.89. The molecule has 1 aromatic heterocycles. The Morgan fingerprint density at radius 2 is 1.86 bits per heavy atom. The number of methoxy groups -OCH3 is 1. The van der Waals surface area contributed by atoms with Gasteiger partial charge < -0.3 is 15.0 Å². The van der Waals surface area contributed by atoms with Crippen LogP contribution in [0.4, 0.5) is 5.82 Å². The molecule has 4 rings (SSSR count). The van der Waals surface area contributed by atoms with Crippen molar-refractivity contribution in [2.75, 3.05) is 12.0 Å². The lowest BCUT2D eigenvalue weighted by Gasteiger charge is -2.40. The van der Waals surface area contributed by atoms with Crippen LogP contribution in [0.25, 0.3) is 0 Å². The van der Waals surface area contributed by atoms with Gasteiger partial charge in [0.15, 0.2) is 5.78 Å². The van der Waals surface area contributed by atoms with Crippen molar-refractivity contribution in [2.45, 2.75) is 50.7 Å². The van der Waals surface area contributed by atoms with Crippen LogP contribution in [-0.4, -0.2) is 41.9 Å². The van der Waals surface area contributed by atoms with Crippen LogP contribution in [-0.2, 0) is 0 Å². The second kappa shape index (κ2) is 7.62. The van der Waals surface area contributed by atoms with Crippen LogP contribution in [0.3, 0.4) is 0 Å². The first-order valence-corrected chi connectivity index (χ1v) is 9.75.